The molecule has 1 unspecified atom stereocenters. The summed E-state index contributed by atoms with van der Waals surface area (Å²) >= 11 is 6.10. The first-order valence-electron chi connectivity index (χ1n) is 8.35. The molecule has 0 saturated carbocycles. The van der Waals surface area contributed by atoms with E-state index in [1.165, 1.54) is 18.2 Å². The normalized spacial score (nSPS) is 12.5. The molecule has 2 aromatic rings. The van der Waals surface area contributed by atoms with Crippen molar-refractivity contribution in [1.82, 2.24) is 5.32 Å². The summed E-state index contributed by atoms with van der Waals surface area (Å²) in [5, 5.41) is 2.87. The summed E-state index contributed by atoms with van der Waals surface area (Å²) in [7, 11) is -3.94. The Morgan fingerprint density at radius 3 is 2.54 bits per heavy atom. The number of hydrogen-bond donors (Lipinski definition) is 2. The number of halogens is 1. The highest BCUT2D eigenvalue weighted by Crippen LogP contribution is 2.27. The maximum atomic E-state index is 12.8. The highest BCUT2D eigenvalue weighted by atomic mass is 35.5. The number of anilines is 1. The van der Waals surface area contributed by atoms with E-state index in [0.29, 0.717) is 5.69 Å². The molecule has 0 saturated heterocycles. The fraction of sp³-hybridized carbons (Fsp3) is 0.316. The Morgan fingerprint density at radius 1 is 1.19 bits per heavy atom. The molecule has 0 spiro atoms. The Labute approximate surface area is 159 Å². The van der Waals surface area contributed by atoms with Crippen LogP contribution < -0.4 is 10.0 Å². The predicted octanol–water partition coefficient (Wildman–Crippen LogP) is 4.29. The van der Waals surface area contributed by atoms with E-state index in [1.54, 1.807) is 12.1 Å². The highest BCUT2D eigenvalue weighted by molar-refractivity contribution is 7.92. The molecule has 2 aromatic carbocycles. The average molecular weight is 395 g/mol. The number of carbonyl (C=O) groups is 1. The first kappa shape index (κ1) is 20.3. The highest BCUT2D eigenvalue weighted by Gasteiger charge is 2.21. The second-order valence-electron chi connectivity index (χ2n) is 6.28. The summed E-state index contributed by atoms with van der Waals surface area (Å²) < 4.78 is 28.2. The number of nitrogens with one attached hydrogen (secondary N) is 2. The number of aryl methyl sites for hydroxylation is 1. The third-order valence-corrected chi connectivity index (χ3v) is 6.17. The third kappa shape index (κ3) is 4.56. The first-order valence-corrected chi connectivity index (χ1v) is 10.2. The molecule has 26 heavy (non-hydrogen) atoms. The van der Waals surface area contributed by atoms with Gasteiger partial charge in [0.05, 0.1) is 10.7 Å². The lowest BCUT2D eigenvalue weighted by molar-refractivity contribution is 0.0939. The molecule has 0 bridgehead atoms. The maximum absolute atomic E-state index is 12.8. The molecule has 0 aliphatic heterocycles. The number of sulfonamides is 1. The molecular weight excluding hydrogens is 372 g/mol. The zero-order valence-electron chi connectivity index (χ0n) is 15.3. The van der Waals surface area contributed by atoms with E-state index < -0.39 is 10.0 Å². The van der Waals surface area contributed by atoms with E-state index in [9.17, 15) is 13.2 Å². The third-order valence-electron chi connectivity index (χ3n) is 4.32. The lowest BCUT2D eigenvalue weighted by Gasteiger charge is -2.15. The second-order valence-corrected chi connectivity index (χ2v) is 8.34. The number of carbonyl (C=O) groups excluding carboxylic acids is 1. The minimum Gasteiger partial charge on any atom is -0.350 e. The van der Waals surface area contributed by atoms with Gasteiger partial charge in [0.25, 0.3) is 15.9 Å². The smallest absolute Gasteiger partial charge is 0.263 e. The van der Waals surface area contributed by atoms with Crippen LogP contribution in [0.5, 0.6) is 0 Å². The molecule has 0 fully saturated rings. The van der Waals surface area contributed by atoms with Crippen LogP contribution in [0.4, 0.5) is 5.69 Å². The van der Waals surface area contributed by atoms with Crippen LogP contribution in [0, 0.1) is 13.8 Å². The second kappa shape index (κ2) is 8.10. The Bertz CT molecular complexity index is 926. The van der Waals surface area contributed by atoms with Crippen LogP contribution in [0.2, 0.25) is 5.02 Å². The monoisotopic (exact) mass is 394 g/mol. The molecule has 140 valence electrons. The van der Waals surface area contributed by atoms with Crippen molar-refractivity contribution in [2.45, 2.75) is 45.1 Å². The van der Waals surface area contributed by atoms with Crippen LogP contribution in [0.1, 0.15) is 41.8 Å². The molecule has 1 atom stereocenters. The molecule has 7 heteroatoms. The fourth-order valence-electron chi connectivity index (χ4n) is 2.32. The van der Waals surface area contributed by atoms with Crippen LogP contribution in [0.3, 0.4) is 0 Å². The van der Waals surface area contributed by atoms with Crippen molar-refractivity contribution in [2.75, 3.05) is 4.72 Å². The largest absolute Gasteiger partial charge is 0.350 e. The van der Waals surface area contributed by atoms with E-state index >= 15 is 0 Å². The van der Waals surface area contributed by atoms with Gasteiger partial charge in [-0.15, -0.1) is 0 Å². The summed E-state index contributed by atoms with van der Waals surface area (Å²) in [5.41, 5.74) is 2.53. The number of amides is 1. The minimum absolute atomic E-state index is 0.00805. The summed E-state index contributed by atoms with van der Waals surface area (Å²) in [6.45, 7) is 7.58. The predicted molar refractivity (Wildman–Crippen MR) is 105 cm³/mol. The lowest BCUT2D eigenvalue weighted by atomic mass is 10.1. The molecule has 0 aliphatic carbocycles. The van der Waals surface area contributed by atoms with Gasteiger partial charge in [0.2, 0.25) is 0 Å². The van der Waals surface area contributed by atoms with Crippen molar-refractivity contribution in [3.63, 3.8) is 0 Å². The van der Waals surface area contributed by atoms with Gasteiger partial charge in [-0.25, -0.2) is 8.42 Å². The molecule has 2 rings (SSSR count). The fourth-order valence-corrected chi connectivity index (χ4v) is 3.97. The van der Waals surface area contributed by atoms with E-state index in [0.717, 1.165) is 17.5 Å². The van der Waals surface area contributed by atoms with E-state index in [4.69, 9.17) is 11.6 Å². The van der Waals surface area contributed by atoms with Crippen LogP contribution in [-0.2, 0) is 10.0 Å². The van der Waals surface area contributed by atoms with Gasteiger partial charge >= 0.3 is 0 Å². The van der Waals surface area contributed by atoms with Gasteiger partial charge in [-0.3, -0.25) is 9.52 Å². The van der Waals surface area contributed by atoms with Gasteiger partial charge < -0.3 is 5.32 Å². The van der Waals surface area contributed by atoms with Crippen molar-refractivity contribution in [3.8, 4) is 0 Å². The van der Waals surface area contributed by atoms with Gasteiger partial charge in [-0.05, 0) is 62.6 Å². The zero-order valence-corrected chi connectivity index (χ0v) is 16.8. The van der Waals surface area contributed by atoms with Crippen molar-refractivity contribution >= 4 is 33.2 Å². The molecular formula is C19H23ClN2O3S. The average Bonchev–Trinajstić information content (AvgIpc) is 2.58. The SMILES string of the molecule is CCC(C)NC(=O)c1ccc(Cl)c(S(=O)(=O)Nc2cccc(C)c2C)c1. The van der Waals surface area contributed by atoms with Crippen molar-refractivity contribution < 1.29 is 13.2 Å². The van der Waals surface area contributed by atoms with Crippen LogP contribution in [-0.4, -0.2) is 20.4 Å². The number of hydrogen-bond acceptors (Lipinski definition) is 3. The van der Waals surface area contributed by atoms with Crippen molar-refractivity contribution in [1.29, 1.82) is 0 Å². The van der Waals surface area contributed by atoms with Gasteiger partial charge in [0, 0.05) is 11.6 Å². The Morgan fingerprint density at radius 2 is 1.88 bits per heavy atom. The molecule has 0 aliphatic rings. The van der Waals surface area contributed by atoms with Crippen molar-refractivity contribution in [3.05, 3.63) is 58.1 Å². The molecule has 0 radical (unpaired) electrons. The molecule has 2 N–H and O–H groups in total. The molecule has 0 heterocycles. The van der Waals surface area contributed by atoms with E-state index in [2.05, 4.69) is 10.0 Å². The molecule has 1 amide bonds. The Balaban J connectivity index is 2.38. The van der Waals surface area contributed by atoms with Crippen molar-refractivity contribution in [2.24, 2.45) is 0 Å². The first-order chi connectivity index (χ1) is 12.2. The summed E-state index contributed by atoms with van der Waals surface area (Å²) in [6.07, 6.45) is 0.776. The van der Waals surface area contributed by atoms with Crippen LogP contribution in [0.25, 0.3) is 0 Å². The molecule has 5 nitrogen and oxygen atoms in total. The van der Waals surface area contributed by atoms with E-state index in [-0.39, 0.29) is 27.4 Å². The van der Waals surface area contributed by atoms with Crippen LogP contribution in [0.15, 0.2) is 41.3 Å². The lowest BCUT2D eigenvalue weighted by Crippen LogP contribution is -2.32. The number of benzene rings is 2. The minimum atomic E-state index is -3.94. The Hall–Kier alpha value is -2.05. The number of rotatable bonds is 6. The van der Waals surface area contributed by atoms with Gasteiger partial charge in [0.1, 0.15) is 4.90 Å². The topological polar surface area (TPSA) is 75.3 Å². The summed E-state index contributed by atoms with van der Waals surface area (Å²) in [5.74, 6) is -0.334. The maximum Gasteiger partial charge on any atom is 0.263 e. The van der Waals surface area contributed by atoms with Gasteiger partial charge in [-0.2, -0.15) is 0 Å². The zero-order chi connectivity index (χ0) is 19.5. The standard InChI is InChI=1S/C19H23ClN2O3S/c1-5-13(3)21-19(23)15-9-10-16(20)18(11-15)26(24,25)22-17-8-6-7-12(2)14(17)4/h6-11,13,22H,5H2,1-4H3,(H,21,23). The molecule has 0 aromatic heterocycles. The quantitative estimate of drug-likeness (QED) is 0.767. The summed E-state index contributed by atoms with van der Waals surface area (Å²) in [6, 6.07) is 9.59. The van der Waals surface area contributed by atoms with Gasteiger partial charge in [0.15, 0.2) is 0 Å². The Kier molecular flexibility index (Phi) is 6.31. The summed E-state index contributed by atoms with van der Waals surface area (Å²) in [4.78, 5) is 12.2. The van der Waals surface area contributed by atoms with Crippen LogP contribution >= 0.6 is 11.6 Å². The van der Waals surface area contributed by atoms with Gasteiger partial charge in [-0.1, -0.05) is 30.7 Å². The van der Waals surface area contributed by atoms with E-state index in [1.807, 2.05) is 33.8 Å².